The molecule has 0 spiro atoms. The molecule has 3 N–H and O–H groups in total. The number of carbonyl (C=O) groups excluding carboxylic acids is 4. The molecule has 0 heterocycles. The lowest BCUT2D eigenvalue weighted by atomic mass is 10.0. The Morgan fingerprint density at radius 3 is 0.607 bits per heavy atom. The van der Waals surface area contributed by atoms with Crippen LogP contribution >= 0.6 is 15.6 Å². The fourth-order valence-electron chi connectivity index (χ4n) is 14.7. The zero-order valence-corrected chi connectivity index (χ0v) is 75.8. The lowest BCUT2D eigenvalue weighted by Gasteiger charge is -2.21. The molecule has 0 aliphatic heterocycles. The Balaban J connectivity index is 5.24. The Hall–Kier alpha value is -1.94. The van der Waals surface area contributed by atoms with E-state index >= 15 is 0 Å². The Morgan fingerprint density at radius 1 is 0.241 bits per heavy atom. The standard InChI is InChI=1S/C93H182O17P2/c1-7-9-11-13-15-17-19-21-23-25-27-28-29-34-37-41-45-51-57-63-69-75-90(95)103-81-88(109-92(97)77-72-66-60-53-47-43-39-35-31-30-32-36-40-44-49-55-61-67-73-85(3)4)83-107-111(99,100)105-79-87(94)80-106-112(101,102)108-84-89(82-104-91(96)76-70-64-58-54-48-50-56-62-68-74-86(5)6)110-93(98)78-71-65-59-52-46-42-38-33-26-24-22-20-18-16-14-12-10-8-2/h85-89,94H,7-84H2,1-6H3,(H,99,100)(H,101,102)/t87-,88-,89-/m1/s1. The van der Waals surface area contributed by atoms with Gasteiger partial charge in [0.05, 0.1) is 26.4 Å². The van der Waals surface area contributed by atoms with Gasteiger partial charge in [-0.25, -0.2) is 9.13 Å². The first-order valence-electron chi connectivity index (χ1n) is 48.0. The van der Waals surface area contributed by atoms with E-state index < -0.39 is 97.5 Å². The van der Waals surface area contributed by atoms with Crippen LogP contribution in [0.2, 0.25) is 0 Å². The molecule has 0 saturated carbocycles. The van der Waals surface area contributed by atoms with Crippen LogP contribution in [0.15, 0.2) is 0 Å². The van der Waals surface area contributed by atoms with Gasteiger partial charge < -0.3 is 33.8 Å². The van der Waals surface area contributed by atoms with Crippen molar-refractivity contribution in [3.05, 3.63) is 0 Å². The van der Waals surface area contributed by atoms with Gasteiger partial charge >= 0.3 is 39.5 Å². The molecule has 0 bridgehead atoms. The minimum Gasteiger partial charge on any atom is -0.462 e. The van der Waals surface area contributed by atoms with E-state index in [0.29, 0.717) is 25.7 Å². The normalized spacial score (nSPS) is 13.7. The van der Waals surface area contributed by atoms with Gasteiger partial charge in [-0.1, -0.05) is 452 Å². The van der Waals surface area contributed by atoms with Crippen LogP contribution in [0.3, 0.4) is 0 Å². The third kappa shape index (κ3) is 85.9. The molecule has 0 amide bonds. The Morgan fingerprint density at radius 2 is 0.411 bits per heavy atom. The van der Waals surface area contributed by atoms with E-state index in [9.17, 15) is 43.2 Å². The van der Waals surface area contributed by atoms with Crippen LogP contribution in [0, 0.1) is 11.8 Å². The molecule has 666 valence electrons. The average Bonchev–Trinajstić information content (AvgIpc) is 0.899. The van der Waals surface area contributed by atoms with E-state index in [0.717, 1.165) is 102 Å². The molecule has 0 rings (SSSR count). The van der Waals surface area contributed by atoms with Crippen molar-refractivity contribution in [2.24, 2.45) is 11.8 Å². The van der Waals surface area contributed by atoms with Crippen molar-refractivity contribution >= 4 is 39.5 Å². The number of carbonyl (C=O) groups is 4. The summed E-state index contributed by atoms with van der Waals surface area (Å²) in [4.78, 5) is 73.5. The highest BCUT2D eigenvalue weighted by molar-refractivity contribution is 7.47. The van der Waals surface area contributed by atoms with E-state index in [2.05, 4.69) is 41.5 Å². The number of rotatable bonds is 92. The summed E-state index contributed by atoms with van der Waals surface area (Å²) in [5, 5.41) is 10.7. The molecule has 0 saturated heterocycles. The van der Waals surface area contributed by atoms with E-state index in [4.69, 9.17) is 37.0 Å². The van der Waals surface area contributed by atoms with Crippen molar-refractivity contribution < 1.29 is 80.2 Å². The number of aliphatic hydroxyl groups excluding tert-OH is 1. The Kier molecular flexibility index (Phi) is 82.6. The van der Waals surface area contributed by atoms with Crippen molar-refractivity contribution in [3.8, 4) is 0 Å². The average molecular weight is 1630 g/mol. The first-order valence-corrected chi connectivity index (χ1v) is 51.0. The molecule has 0 aromatic heterocycles. The van der Waals surface area contributed by atoms with E-state index in [1.165, 1.54) is 321 Å². The second kappa shape index (κ2) is 84.1. The number of esters is 4. The smallest absolute Gasteiger partial charge is 0.462 e. The summed E-state index contributed by atoms with van der Waals surface area (Å²) in [5.41, 5.74) is 0. The van der Waals surface area contributed by atoms with Crippen LogP contribution in [0.4, 0.5) is 0 Å². The highest BCUT2D eigenvalue weighted by atomic mass is 31.2. The van der Waals surface area contributed by atoms with Crippen LogP contribution in [0.1, 0.15) is 504 Å². The fourth-order valence-corrected chi connectivity index (χ4v) is 16.2. The van der Waals surface area contributed by atoms with Crippen LogP contribution in [-0.4, -0.2) is 96.7 Å². The first kappa shape index (κ1) is 110. The van der Waals surface area contributed by atoms with E-state index in [-0.39, 0.29) is 25.7 Å². The molecule has 19 heteroatoms. The van der Waals surface area contributed by atoms with Gasteiger partial charge in [0.25, 0.3) is 0 Å². The summed E-state index contributed by atoms with van der Waals surface area (Å²) in [6.45, 7) is 9.73. The minimum atomic E-state index is -4.97. The minimum absolute atomic E-state index is 0.109. The third-order valence-corrected chi connectivity index (χ3v) is 23.9. The first-order chi connectivity index (χ1) is 54.4. The lowest BCUT2D eigenvalue weighted by molar-refractivity contribution is -0.161. The lowest BCUT2D eigenvalue weighted by Crippen LogP contribution is -2.30. The van der Waals surface area contributed by atoms with Crippen LogP contribution in [0.25, 0.3) is 0 Å². The molecule has 2 unspecified atom stereocenters. The second-order valence-electron chi connectivity index (χ2n) is 34.4. The number of aliphatic hydroxyl groups is 1. The summed E-state index contributed by atoms with van der Waals surface area (Å²) < 4.78 is 69.1. The maximum Gasteiger partial charge on any atom is 0.472 e. The van der Waals surface area contributed by atoms with Gasteiger partial charge in [0.2, 0.25) is 0 Å². The summed E-state index contributed by atoms with van der Waals surface area (Å²) in [7, 11) is -9.94. The van der Waals surface area contributed by atoms with Crippen LogP contribution in [-0.2, 0) is 65.4 Å². The molecular formula is C93H182O17P2. The molecule has 0 aliphatic carbocycles. The zero-order chi connectivity index (χ0) is 82.0. The van der Waals surface area contributed by atoms with Crippen molar-refractivity contribution in [1.29, 1.82) is 0 Å². The number of unbranched alkanes of at least 4 members (excludes halogenated alkanes) is 62. The number of hydrogen-bond acceptors (Lipinski definition) is 15. The predicted molar refractivity (Wildman–Crippen MR) is 465 cm³/mol. The van der Waals surface area contributed by atoms with Gasteiger partial charge in [0.1, 0.15) is 19.3 Å². The Bertz CT molecular complexity index is 2130. The third-order valence-electron chi connectivity index (χ3n) is 22.0. The second-order valence-corrected chi connectivity index (χ2v) is 37.3. The molecule has 5 atom stereocenters. The maximum atomic E-state index is 13.2. The van der Waals surface area contributed by atoms with Gasteiger partial charge in [0, 0.05) is 25.7 Å². The summed E-state index contributed by atoms with van der Waals surface area (Å²) in [5.74, 6) is -0.530. The highest BCUT2D eigenvalue weighted by Gasteiger charge is 2.31. The molecule has 0 aromatic rings. The van der Waals surface area contributed by atoms with Crippen molar-refractivity contribution in [2.45, 2.75) is 522 Å². The Labute approximate surface area is 689 Å². The van der Waals surface area contributed by atoms with E-state index in [1.54, 1.807) is 0 Å². The topological polar surface area (TPSA) is 237 Å². The fraction of sp³-hybridized carbons (Fsp3) is 0.957. The summed E-state index contributed by atoms with van der Waals surface area (Å²) in [6, 6.07) is 0. The molecule has 112 heavy (non-hydrogen) atoms. The van der Waals surface area contributed by atoms with Gasteiger partial charge in [-0.15, -0.1) is 0 Å². The maximum absolute atomic E-state index is 13.2. The SMILES string of the molecule is CCCCCCCCCCCCCCCCCCCCCCCC(=O)OC[C@H](COP(=O)(O)OC[C@@H](O)COP(=O)(O)OC[C@@H](COC(=O)CCCCCCCCCCCC(C)C)OC(=O)CCCCCCCCCCCCCCCCCCCC)OC(=O)CCCCCCCCCCCCCCCCCCCCC(C)C. The molecular weight excluding hydrogens is 1450 g/mol. The van der Waals surface area contributed by atoms with E-state index in [1.807, 2.05) is 0 Å². The van der Waals surface area contributed by atoms with Gasteiger partial charge in [0.15, 0.2) is 12.2 Å². The molecule has 0 aliphatic rings. The van der Waals surface area contributed by atoms with Gasteiger partial charge in [-0.2, -0.15) is 0 Å². The molecule has 0 fully saturated rings. The number of phosphoric acid groups is 2. The van der Waals surface area contributed by atoms with Crippen molar-refractivity contribution in [2.75, 3.05) is 39.6 Å². The van der Waals surface area contributed by atoms with Crippen LogP contribution < -0.4 is 0 Å². The predicted octanol–water partition coefficient (Wildman–Crippen LogP) is 29.0. The van der Waals surface area contributed by atoms with Crippen molar-refractivity contribution in [3.63, 3.8) is 0 Å². The molecule has 17 nitrogen and oxygen atoms in total. The monoisotopic (exact) mass is 1630 g/mol. The number of ether oxygens (including phenoxy) is 4. The van der Waals surface area contributed by atoms with Crippen molar-refractivity contribution in [1.82, 2.24) is 0 Å². The highest BCUT2D eigenvalue weighted by Crippen LogP contribution is 2.45. The van der Waals surface area contributed by atoms with Gasteiger partial charge in [-0.3, -0.25) is 37.3 Å². The zero-order valence-electron chi connectivity index (χ0n) is 74.0. The summed E-state index contributed by atoms with van der Waals surface area (Å²) in [6.07, 6.45) is 79.3. The van der Waals surface area contributed by atoms with Crippen LogP contribution in [0.5, 0.6) is 0 Å². The summed E-state index contributed by atoms with van der Waals surface area (Å²) >= 11 is 0. The number of phosphoric ester groups is 2. The van der Waals surface area contributed by atoms with Gasteiger partial charge in [-0.05, 0) is 37.5 Å². The largest absolute Gasteiger partial charge is 0.472 e. The molecule has 0 aromatic carbocycles. The number of hydrogen-bond donors (Lipinski definition) is 3. The molecule has 0 radical (unpaired) electrons. The quantitative estimate of drug-likeness (QED) is 0.0222.